The Bertz CT molecular complexity index is 903. The zero-order valence-electron chi connectivity index (χ0n) is 14.2. The minimum absolute atomic E-state index is 0.0983. The van der Waals surface area contributed by atoms with Crippen LogP contribution in [0.5, 0.6) is 5.75 Å². The van der Waals surface area contributed by atoms with E-state index in [2.05, 4.69) is 22.9 Å². The summed E-state index contributed by atoms with van der Waals surface area (Å²) in [6, 6.07) is 9.71. The predicted octanol–water partition coefficient (Wildman–Crippen LogP) is 3.37. The second-order valence-corrected chi connectivity index (χ2v) is 7.66. The molecule has 1 unspecified atom stereocenters. The number of nitrogens with zero attached hydrogens (tertiary/aromatic N) is 2. The second kappa shape index (κ2) is 5.73. The normalized spacial score (nSPS) is 20.5. The maximum absolute atomic E-state index is 13.0. The van der Waals surface area contributed by atoms with Crippen LogP contribution in [-0.4, -0.2) is 28.0 Å². The molecular formula is C19H19BrN2O3. The molecule has 130 valence electrons. The summed E-state index contributed by atoms with van der Waals surface area (Å²) in [5, 5.41) is 0. The average molecular weight is 403 g/mol. The highest BCUT2D eigenvalue weighted by molar-refractivity contribution is 9.10. The summed E-state index contributed by atoms with van der Waals surface area (Å²) in [7, 11) is 1.82. The number of rotatable bonds is 3. The number of carbonyl (C=O) groups is 1. The van der Waals surface area contributed by atoms with Crippen LogP contribution in [0.1, 0.15) is 41.9 Å². The molecule has 1 aliphatic heterocycles. The van der Waals surface area contributed by atoms with Crippen molar-refractivity contribution in [1.82, 2.24) is 9.47 Å². The Labute approximate surface area is 154 Å². The number of likely N-dealkylation sites (N-methyl/N-ethyl adjacent to an activating group) is 1. The summed E-state index contributed by atoms with van der Waals surface area (Å²) in [6.07, 6.45) is 3.70. The van der Waals surface area contributed by atoms with E-state index in [0.29, 0.717) is 10.2 Å². The lowest BCUT2D eigenvalue weighted by Crippen LogP contribution is -2.50. The number of ether oxygens (including phenoxy) is 1. The van der Waals surface area contributed by atoms with E-state index in [4.69, 9.17) is 4.74 Å². The van der Waals surface area contributed by atoms with Gasteiger partial charge >= 0.3 is 0 Å². The van der Waals surface area contributed by atoms with Crippen molar-refractivity contribution in [3.05, 3.63) is 62.5 Å². The lowest BCUT2D eigenvalue weighted by molar-refractivity contribution is 0.0548. The molecule has 0 saturated heterocycles. The fourth-order valence-electron chi connectivity index (χ4n) is 3.74. The lowest BCUT2D eigenvalue weighted by atomic mass is 10.0. The van der Waals surface area contributed by atoms with Gasteiger partial charge in [0.2, 0.25) is 5.43 Å². The number of benzene rings is 1. The number of aromatic nitrogens is 1. The van der Waals surface area contributed by atoms with Crippen LogP contribution in [0.4, 0.5) is 0 Å². The van der Waals surface area contributed by atoms with E-state index in [9.17, 15) is 9.59 Å². The molecule has 0 N–H and O–H groups in total. The highest BCUT2D eigenvalue weighted by atomic mass is 79.9. The molecule has 1 aromatic heterocycles. The quantitative estimate of drug-likeness (QED) is 0.790. The molecule has 1 spiro atoms. The third kappa shape index (κ3) is 2.42. The van der Waals surface area contributed by atoms with E-state index < -0.39 is 0 Å². The van der Waals surface area contributed by atoms with Gasteiger partial charge in [0.1, 0.15) is 6.61 Å². The van der Waals surface area contributed by atoms with Gasteiger partial charge in [0.15, 0.2) is 11.4 Å². The summed E-state index contributed by atoms with van der Waals surface area (Å²) in [6.45, 7) is 2.34. The summed E-state index contributed by atoms with van der Waals surface area (Å²) in [5.74, 6) is -0.0271. The first-order valence-corrected chi connectivity index (χ1v) is 9.14. The highest BCUT2D eigenvalue weighted by Crippen LogP contribution is 2.53. The van der Waals surface area contributed by atoms with Crippen molar-refractivity contribution >= 4 is 21.8 Å². The topological polar surface area (TPSA) is 51.5 Å². The van der Waals surface area contributed by atoms with Gasteiger partial charge in [0.25, 0.3) is 5.91 Å². The molecule has 6 heteroatoms. The van der Waals surface area contributed by atoms with Gasteiger partial charge in [-0.1, -0.05) is 30.3 Å². The fourth-order valence-corrected chi connectivity index (χ4v) is 4.14. The van der Waals surface area contributed by atoms with Crippen LogP contribution in [0.25, 0.3) is 0 Å². The average Bonchev–Trinajstić information content (AvgIpc) is 3.42. The molecule has 2 aromatic rings. The molecule has 1 amide bonds. The van der Waals surface area contributed by atoms with Gasteiger partial charge in [-0.2, -0.15) is 0 Å². The Morgan fingerprint density at radius 3 is 2.56 bits per heavy atom. The third-order valence-corrected chi connectivity index (χ3v) is 6.07. The van der Waals surface area contributed by atoms with Gasteiger partial charge in [-0.25, -0.2) is 0 Å². The van der Waals surface area contributed by atoms with E-state index in [1.807, 2.05) is 41.9 Å². The van der Waals surface area contributed by atoms with Crippen molar-refractivity contribution in [3.63, 3.8) is 0 Å². The second-order valence-electron chi connectivity index (χ2n) is 6.81. The fraction of sp³-hybridized carbons (Fsp3) is 0.368. The smallest absolute Gasteiger partial charge is 0.274 e. The van der Waals surface area contributed by atoms with E-state index in [1.54, 1.807) is 11.1 Å². The van der Waals surface area contributed by atoms with Crippen molar-refractivity contribution in [2.45, 2.75) is 38.0 Å². The van der Waals surface area contributed by atoms with Gasteiger partial charge in [-0.15, -0.1) is 0 Å². The predicted molar refractivity (Wildman–Crippen MR) is 97.9 cm³/mol. The van der Waals surface area contributed by atoms with Crippen LogP contribution in [0.3, 0.4) is 0 Å². The monoisotopic (exact) mass is 402 g/mol. The Hall–Kier alpha value is -2.08. The van der Waals surface area contributed by atoms with Crippen molar-refractivity contribution in [2.24, 2.45) is 0 Å². The van der Waals surface area contributed by atoms with Crippen LogP contribution < -0.4 is 10.2 Å². The van der Waals surface area contributed by atoms with Gasteiger partial charge in [-0.05, 0) is 41.3 Å². The Morgan fingerprint density at radius 1 is 1.24 bits per heavy atom. The maximum Gasteiger partial charge on any atom is 0.274 e. The zero-order valence-corrected chi connectivity index (χ0v) is 15.7. The minimum atomic E-state index is -0.289. The molecule has 1 fully saturated rings. The summed E-state index contributed by atoms with van der Waals surface area (Å²) < 4.78 is 8.17. The van der Waals surface area contributed by atoms with E-state index in [0.717, 1.165) is 18.4 Å². The molecule has 0 bridgehead atoms. The maximum atomic E-state index is 13.0. The van der Waals surface area contributed by atoms with Crippen molar-refractivity contribution in [2.75, 3.05) is 7.05 Å². The summed E-state index contributed by atoms with van der Waals surface area (Å²) >= 11 is 3.33. The first-order valence-electron chi connectivity index (χ1n) is 8.35. The molecule has 1 saturated carbocycles. The Morgan fingerprint density at radius 2 is 1.92 bits per heavy atom. The van der Waals surface area contributed by atoms with E-state index in [-0.39, 0.29) is 35.3 Å². The molecule has 1 aromatic carbocycles. The first-order chi connectivity index (χ1) is 12.0. The number of carbonyl (C=O) groups excluding carboxylic acids is 1. The van der Waals surface area contributed by atoms with Crippen LogP contribution >= 0.6 is 15.9 Å². The van der Waals surface area contributed by atoms with Crippen molar-refractivity contribution < 1.29 is 9.53 Å². The number of hydrogen-bond acceptors (Lipinski definition) is 3. The molecule has 1 atom stereocenters. The number of halogens is 1. The first kappa shape index (κ1) is 16.4. The largest absolute Gasteiger partial charge is 0.483 e. The Balaban J connectivity index is 1.80. The van der Waals surface area contributed by atoms with Gasteiger partial charge in [0.05, 0.1) is 16.1 Å². The molecule has 25 heavy (non-hydrogen) atoms. The Kier molecular flexibility index (Phi) is 3.76. The minimum Gasteiger partial charge on any atom is -0.483 e. The summed E-state index contributed by atoms with van der Waals surface area (Å²) in [5.41, 5.74) is 0.874. The van der Waals surface area contributed by atoms with E-state index in [1.165, 1.54) is 0 Å². The van der Waals surface area contributed by atoms with Gasteiger partial charge in [-0.3, -0.25) is 9.59 Å². The van der Waals surface area contributed by atoms with Gasteiger partial charge in [0, 0.05) is 13.2 Å². The molecule has 0 radical (unpaired) electrons. The summed E-state index contributed by atoms with van der Waals surface area (Å²) in [4.78, 5) is 27.4. The molecular weight excluding hydrogens is 384 g/mol. The van der Waals surface area contributed by atoms with Crippen molar-refractivity contribution in [3.8, 4) is 5.75 Å². The number of fused-ring (bicyclic) bond motifs is 1. The standard InChI is InChI=1S/C19H19BrN2O3/c1-12-19(8-9-19)21(2)18(24)15-17(16(23)14(20)10-22(12)15)25-11-13-6-4-3-5-7-13/h3-7,10,12H,8-9,11H2,1-2H3. The lowest BCUT2D eigenvalue weighted by Gasteiger charge is -2.41. The zero-order chi connectivity index (χ0) is 17.8. The van der Waals surface area contributed by atoms with Crippen LogP contribution in [0, 0.1) is 0 Å². The number of hydrogen-bond donors (Lipinski definition) is 0. The molecule has 4 rings (SSSR count). The molecule has 2 heterocycles. The van der Waals surface area contributed by atoms with Crippen molar-refractivity contribution in [1.29, 1.82) is 0 Å². The number of pyridine rings is 1. The number of amides is 1. The third-order valence-electron chi connectivity index (χ3n) is 5.51. The van der Waals surface area contributed by atoms with Crippen LogP contribution in [-0.2, 0) is 6.61 Å². The van der Waals surface area contributed by atoms with Gasteiger partial charge < -0.3 is 14.2 Å². The molecule has 5 nitrogen and oxygen atoms in total. The van der Waals surface area contributed by atoms with Crippen LogP contribution in [0.15, 0.2) is 45.8 Å². The highest BCUT2D eigenvalue weighted by Gasteiger charge is 2.57. The van der Waals surface area contributed by atoms with Crippen LogP contribution in [0.2, 0.25) is 0 Å². The molecule has 1 aliphatic carbocycles. The SMILES string of the molecule is CC1n2cc(Br)c(=O)c(OCc3ccccc3)c2C(=O)N(C)C12CC2. The molecule has 2 aliphatic rings. The van der Waals surface area contributed by atoms with E-state index >= 15 is 0 Å².